The van der Waals surface area contributed by atoms with E-state index in [2.05, 4.69) is 9.99 Å². The highest BCUT2D eigenvalue weighted by atomic mass is 35.5. The quantitative estimate of drug-likeness (QED) is 0.369. The maximum absolute atomic E-state index is 10.4. The molecule has 0 bridgehead atoms. The van der Waals surface area contributed by atoms with Crippen molar-refractivity contribution in [3.05, 3.63) is 87.9 Å². The summed E-state index contributed by atoms with van der Waals surface area (Å²) in [5.41, 5.74) is 3.52. The number of carbonyl (C=O) groups is 1. The first-order chi connectivity index (χ1) is 14.0. The molecule has 0 aliphatic heterocycles. The SMILES string of the molecule is O=C(O)CO/N=C/c1ccc(-c2cccc(OCc3c(Cl)cccc3Cl)c2)cc1. The van der Waals surface area contributed by atoms with E-state index in [-0.39, 0.29) is 6.61 Å². The number of rotatable bonds is 8. The molecule has 0 spiro atoms. The van der Waals surface area contributed by atoms with E-state index in [9.17, 15) is 4.79 Å². The van der Waals surface area contributed by atoms with Crippen LogP contribution in [0.1, 0.15) is 11.1 Å². The first-order valence-electron chi connectivity index (χ1n) is 8.66. The second kappa shape index (κ2) is 9.96. The molecule has 5 nitrogen and oxygen atoms in total. The van der Waals surface area contributed by atoms with E-state index in [1.165, 1.54) is 6.21 Å². The zero-order valence-corrected chi connectivity index (χ0v) is 16.7. The Labute approximate surface area is 178 Å². The third-order valence-electron chi connectivity index (χ3n) is 3.99. The van der Waals surface area contributed by atoms with Gasteiger partial charge in [0.05, 0.1) is 6.21 Å². The summed E-state index contributed by atoms with van der Waals surface area (Å²) >= 11 is 12.4. The minimum atomic E-state index is -1.07. The molecule has 0 atom stereocenters. The minimum Gasteiger partial charge on any atom is -0.489 e. The third kappa shape index (κ3) is 5.98. The number of nitrogens with zero attached hydrogens (tertiary/aromatic N) is 1. The van der Waals surface area contributed by atoms with Gasteiger partial charge in [0.25, 0.3) is 0 Å². The van der Waals surface area contributed by atoms with Gasteiger partial charge < -0.3 is 14.7 Å². The van der Waals surface area contributed by atoms with Crippen molar-refractivity contribution in [2.75, 3.05) is 6.61 Å². The lowest BCUT2D eigenvalue weighted by Gasteiger charge is -2.11. The van der Waals surface area contributed by atoms with Crippen LogP contribution in [0.2, 0.25) is 10.0 Å². The molecule has 3 aromatic carbocycles. The first kappa shape index (κ1) is 20.7. The van der Waals surface area contributed by atoms with Gasteiger partial charge in [0.1, 0.15) is 12.4 Å². The molecule has 3 aromatic rings. The van der Waals surface area contributed by atoms with Gasteiger partial charge in [0.2, 0.25) is 6.61 Å². The van der Waals surface area contributed by atoms with Crippen LogP contribution in [0.15, 0.2) is 71.9 Å². The number of oxime groups is 1. The summed E-state index contributed by atoms with van der Waals surface area (Å²) in [7, 11) is 0. The number of carboxylic acids is 1. The molecular formula is C22H17Cl2NO4. The number of aliphatic carboxylic acids is 1. The van der Waals surface area contributed by atoms with Crippen molar-refractivity contribution in [2.24, 2.45) is 5.16 Å². The van der Waals surface area contributed by atoms with Crippen molar-refractivity contribution in [3.63, 3.8) is 0 Å². The van der Waals surface area contributed by atoms with Crippen LogP contribution in [0.5, 0.6) is 5.75 Å². The molecule has 1 N–H and O–H groups in total. The Bertz CT molecular complexity index is 999. The maximum atomic E-state index is 10.4. The number of halogens is 2. The van der Waals surface area contributed by atoms with Gasteiger partial charge in [-0.25, -0.2) is 4.79 Å². The summed E-state index contributed by atoms with van der Waals surface area (Å²) in [6, 6.07) is 20.6. The molecule has 0 aromatic heterocycles. The zero-order valence-electron chi connectivity index (χ0n) is 15.2. The fourth-order valence-electron chi connectivity index (χ4n) is 2.54. The second-order valence-electron chi connectivity index (χ2n) is 6.04. The lowest BCUT2D eigenvalue weighted by atomic mass is 10.0. The molecule has 0 amide bonds. The van der Waals surface area contributed by atoms with Crippen molar-refractivity contribution in [1.29, 1.82) is 0 Å². The van der Waals surface area contributed by atoms with Crippen LogP contribution in [0.4, 0.5) is 0 Å². The van der Waals surface area contributed by atoms with Crippen molar-refractivity contribution in [2.45, 2.75) is 6.61 Å². The van der Waals surface area contributed by atoms with Crippen LogP contribution in [0.3, 0.4) is 0 Å². The summed E-state index contributed by atoms with van der Waals surface area (Å²) < 4.78 is 5.87. The second-order valence-corrected chi connectivity index (χ2v) is 6.85. The molecule has 0 fully saturated rings. The van der Waals surface area contributed by atoms with Gasteiger partial charge in [-0.2, -0.15) is 0 Å². The highest BCUT2D eigenvalue weighted by Gasteiger charge is 2.07. The predicted molar refractivity (Wildman–Crippen MR) is 114 cm³/mol. The van der Waals surface area contributed by atoms with Gasteiger partial charge in [-0.1, -0.05) is 70.8 Å². The Morgan fingerprint density at radius 2 is 1.66 bits per heavy atom. The zero-order chi connectivity index (χ0) is 20.6. The molecule has 3 rings (SSSR count). The Morgan fingerprint density at radius 1 is 0.966 bits per heavy atom. The highest BCUT2D eigenvalue weighted by Crippen LogP contribution is 2.28. The van der Waals surface area contributed by atoms with Crippen LogP contribution in [0.25, 0.3) is 11.1 Å². The molecule has 7 heteroatoms. The van der Waals surface area contributed by atoms with Gasteiger partial charge in [-0.15, -0.1) is 0 Å². The molecule has 0 saturated heterocycles. The lowest BCUT2D eigenvalue weighted by molar-refractivity contribution is -0.142. The lowest BCUT2D eigenvalue weighted by Crippen LogP contribution is -2.03. The van der Waals surface area contributed by atoms with Crippen LogP contribution in [0, 0.1) is 0 Å². The van der Waals surface area contributed by atoms with E-state index in [1.54, 1.807) is 18.2 Å². The number of benzene rings is 3. The Balaban J connectivity index is 1.67. The van der Waals surface area contributed by atoms with Gasteiger partial charge >= 0.3 is 5.97 Å². The van der Waals surface area contributed by atoms with E-state index in [4.69, 9.17) is 33.0 Å². The summed E-state index contributed by atoms with van der Waals surface area (Å²) in [5.74, 6) is -0.373. The molecule has 0 aliphatic carbocycles. The average molecular weight is 430 g/mol. The Morgan fingerprint density at radius 3 is 2.34 bits per heavy atom. The van der Waals surface area contributed by atoms with Crippen LogP contribution >= 0.6 is 23.2 Å². The molecule has 0 unspecified atom stereocenters. The smallest absolute Gasteiger partial charge is 0.344 e. The van der Waals surface area contributed by atoms with Crippen molar-refractivity contribution in [3.8, 4) is 16.9 Å². The predicted octanol–water partition coefficient (Wildman–Crippen LogP) is 5.67. The van der Waals surface area contributed by atoms with E-state index >= 15 is 0 Å². The largest absolute Gasteiger partial charge is 0.489 e. The van der Waals surface area contributed by atoms with Crippen molar-refractivity contribution in [1.82, 2.24) is 0 Å². The average Bonchev–Trinajstić information content (AvgIpc) is 2.71. The fourth-order valence-corrected chi connectivity index (χ4v) is 3.05. The number of hydrogen-bond acceptors (Lipinski definition) is 4. The number of carboxylic acid groups (broad SMARTS) is 1. The van der Waals surface area contributed by atoms with Crippen molar-refractivity contribution < 1.29 is 19.5 Å². The standard InChI is InChI=1S/C22H17Cl2NO4/c23-20-5-2-6-21(24)19(20)13-28-18-4-1-3-17(11-18)16-9-7-15(8-10-16)12-25-29-14-22(26)27/h1-12H,13-14H2,(H,26,27)/b25-12+. The monoisotopic (exact) mass is 429 g/mol. The summed E-state index contributed by atoms with van der Waals surface area (Å²) in [5, 5.41) is 13.3. The van der Waals surface area contributed by atoms with Crippen LogP contribution in [-0.4, -0.2) is 23.9 Å². The number of ether oxygens (including phenoxy) is 1. The normalized spacial score (nSPS) is 10.8. The highest BCUT2D eigenvalue weighted by molar-refractivity contribution is 6.35. The van der Waals surface area contributed by atoms with E-state index < -0.39 is 12.6 Å². The van der Waals surface area contributed by atoms with Gasteiger partial charge in [0, 0.05) is 15.6 Å². The minimum absolute atomic E-state index is 0.272. The summed E-state index contributed by atoms with van der Waals surface area (Å²) in [6.45, 7) is -0.200. The van der Waals surface area contributed by atoms with Crippen LogP contribution < -0.4 is 4.74 Å². The number of hydrogen-bond donors (Lipinski definition) is 1. The molecule has 0 aliphatic rings. The van der Waals surface area contributed by atoms with Crippen LogP contribution in [-0.2, 0) is 16.2 Å². The molecule has 0 saturated carbocycles. The van der Waals surface area contributed by atoms with E-state index in [0.29, 0.717) is 15.8 Å². The molecular weight excluding hydrogens is 413 g/mol. The van der Waals surface area contributed by atoms with E-state index in [0.717, 1.165) is 22.3 Å². The summed E-state index contributed by atoms with van der Waals surface area (Å²) in [6.07, 6.45) is 1.46. The molecule has 0 heterocycles. The van der Waals surface area contributed by atoms with E-state index in [1.807, 2.05) is 48.5 Å². The molecule has 29 heavy (non-hydrogen) atoms. The Kier molecular flexibility index (Phi) is 7.11. The van der Waals surface area contributed by atoms with Gasteiger partial charge in [-0.05, 0) is 41.0 Å². The third-order valence-corrected chi connectivity index (χ3v) is 4.70. The fraction of sp³-hybridized carbons (Fsp3) is 0.0909. The first-order valence-corrected chi connectivity index (χ1v) is 9.42. The van der Waals surface area contributed by atoms with Crippen molar-refractivity contribution >= 4 is 35.4 Å². The summed E-state index contributed by atoms with van der Waals surface area (Å²) in [4.78, 5) is 15.0. The molecule has 0 radical (unpaired) electrons. The van der Waals surface area contributed by atoms with Gasteiger partial charge in [0.15, 0.2) is 0 Å². The maximum Gasteiger partial charge on any atom is 0.344 e. The molecule has 148 valence electrons. The topological polar surface area (TPSA) is 68.1 Å². The van der Waals surface area contributed by atoms with Gasteiger partial charge in [-0.3, -0.25) is 0 Å². The Hall–Kier alpha value is -3.02.